The summed E-state index contributed by atoms with van der Waals surface area (Å²) in [6.07, 6.45) is 3.28. The summed E-state index contributed by atoms with van der Waals surface area (Å²) < 4.78 is 5.23. The molecule has 1 aliphatic heterocycles. The number of methoxy groups -OCH3 is 1. The summed E-state index contributed by atoms with van der Waals surface area (Å²) in [6.45, 7) is 4.12. The van der Waals surface area contributed by atoms with Gasteiger partial charge in [-0.2, -0.15) is 16.3 Å². The fraction of sp³-hybridized carbons (Fsp3) is 0.316. The number of rotatable bonds is 5. The minimum absolute atomic E-state index is 0.0698. The molecular formula is C19H22N4O3S. The second-order valence-corrected chi connectivity index (χ2v) is 6.88. The standard InChI is InChI=1S/C19H22N4O3S/c1-14(24)22-8-10-23(11-9-22)19-16(4-6-18(21-19)26-2)20-17(25)5-3-15-7-12-27-13-15/h3-7,12-13H,8-11H2,1-2H3,(H,20,25)/b5-3-. The van der Waals surface area contributed by atoms with E-state index in [2.05, 4.69) is 15.2 Å². The van der Waals surface area contributed by atoms with Crippen LogP contribution in [0.15, 0.2) is 35.0 Å². The molecule has 3 heterocycles. The Labute approximate surface area is 162 Å². The van der Waals surface area contributed by atoms with Crippen LogP contribution in [0, 0.1) is 0 Å². The van der Waals surface area contributed by atoms with Gasteiger partial charge in [0.15, 0.2) is 5.82 Å². The van der Waals surface area contributed by atoms with Crippen molar-refractivity contribution in [1.82, 2.24) is 9.88 Å². The summed E-state index contributed by atoms with van der Waals surface area (Å²) in [5.41, 5.74) is 1.61. The van der Waals surface area contributed by atoms with Gasteiger partial charge < -0.3 is 19.9 Å². The van der Waals surface area contributed by atoms with E-state index in [1.807, 2.05) is 16.8 Å². The van der Waals surface area contributed by atoms with Gasteiger partial charge in [0.2, 0.25) is 17.7 Å². The Morgan fingerprint density at radius 3 is 2.63 bits per heavy atom. The predicted molar refractivity (Wildman–Crippen MR) is 107 cm³/mol. The van der Waals surface area contributed by atoms with Crippen molar-refractivity contribution in [3.8, 4) is 5.88 Å². The highest BCUT2D eigenvalue weighted by molar-refractivity contribution is 7.08. The van der Waals surface area contributed by atoms with Crippen LogP contribution >= 0.6 is 11.3 Å². The van der Waals surface area contributed by atoms with Crippen molar-refractivity contribution < 1.29 is 14.3 Å². The maximum absolute atomic E-state index is 12.3. The van der Waals surface area contributed by atoms with E-state index in [1.165, 1.54) is 6.08 Å². The van der Waals surface area contributed by atoms with Gasteiger partial charge in [-0.1, -0.05) is 0 Å². The molecule has 7 nitrogen and oxygen atoms in total. The molecule has 1 fully saturated rings. The third kappa shape index (κ3) is 4.85. The molecule has 1 aliphatic rings. The molecule has 1 N–H and O–H groups in total. The molecule has 27 heavy (non-hydrogen) atoms. The molecule has 0 atom stereocenters. The number of hydrogen-bond donors (Lipinski definition) is 1. The average molecular weight is 386 g/mol. The molecule has 2 aromatic rings. The maximum Gasteiger partial charge on any atom is 0.248 e. The zero-order valence-corrected chi connectivity index (χ0v) is 16.2. The third-order valence-electron chi connectivity index (χ3n) is 4.31. The first-order valence-electron chi connectivity index (χ1n) is 8.63. The van der Waals surface area contributed by atoms with E-state index in [9.17, 15) is 9.59 Å². The Bertz CT molecular complexity index is 827. The highest BCUT2D eigenvalue weighted by Crippen LogP contribution is 2.27. The number of thiophene rings is 1. The monoisotopic (exact) mass is 386 g/mol. The summed E-state index contributed by atoms with van der Waals surface area (Å²) in [5, 5.41) is 6.83. The fourth-order valence-corrected chi connectivity index (χ4v) is 3.46. The molecule has 0 aromatic carbocycles. The highest BCUT2D eigenvalue weighted by Gasteiger charge is 2.22. The zero-order chi connectivity index (χ0) is 19.2. The molecule has 0 aliphatic carbocycles. The molecular weight excluding hydrogens is 364 g/mol. The number of carbonyl (C=O) groups excluding carboxylic acids is 2. The van der Waals surface area contributed by atoms with Gasteiger partial charge in [-0.25, -0.2) is 0 Å². The summed E-state index contributed by atoms with van der Waals surface area (Å²) in [5.74, 6) is 0.970. The Morgan fingerprint density at radius 1 is 1.22 bits per heavy atom. The Balaban J connectivity index is 1.75. The lowest BCUT2D eigenvalue weighted by Crippen LogP contribution is -2.48. The first kappa shape index (κ1) is 18.9. The molecule has 142 valence electrons. The molecule has 0 radical (unpaired) electrons. The number of hydrogen-bond acceptors (Lipinski definition) is 6. The number of piperazine rings is 1. The third-order valence-corrected chi connectivity index (χ3v) is 5.01. The number of pyridine rings is 1. The number of ether oxygens (including phenoxy) is 1. The summed E-state index contributed by atoms with van der Waals surface area (Å²) >= 11 is 1.58. The van der Waals surface area contributed by atoms with Crippen LogP contribution in [0.3, 0.4) is 0 Å². The van der Waals surface area contributed by atoms with Gasteiger partial charge >= 0.3 is 0 Å². The lowest BCUT2D eigenvalue weighted by atomic mass is 10.2. The van der Waals surface area contributed by atoms with Crippen molar-refractivity contribution in [2.45, 2.75) is 6.92 Å². The van der Waals surface area contributed by atoms with Crippen LogP contribution in [0.4, 0.5) is 11.5 Å². The van der Waals surface area contributed by atoms with Gasteiger partial charge in [-0.05, 0) is 34.5 Å². The van der Waals surface area contributed by atoms with Crippen molar-refractivity contribution in [3.63, 3.8) is 0 Å². The van der Waals surface area contributed by atoms with E-state index in [0.29, 0.717) is 43.6 Å². The number of aromatic nitrogens is 1. The van der Waals surface area contributed by atoms with Crippen LogP contribution in [0.25, 0.3) is 6.08 Å². The van der Waals surface area contributed by atoms with Crippen molar-refractivity contribution >= 4 is 40.7 Å². The molecule has 0 spiro atoms. The smallest absolute Gasteiger partial charge is 0.248 e. The van der Waals surface area contributed by atoms with E-state index in [0.717, 1.165) is 5.56 Å². The normalized spacial score (nSPS) is 14.4. The summed E-state index contributed by atoms with van der Waals surface area (Å²) in [7, 11) is 1.56. The van der Waals surface area contributed by atoms with Gasteiger partial charge in [0.25, 0.3) is 0 Å². The highest BCUT2D eigenvalue weighted by atomic mass is 32.1. The van der Waals surface area contributed by atoms with Crippen LogP contribution in [-0.2, 0) is 9.59 Å². The minimum Gasteiger partial charge on any atom is -0.481 e. The Morgan fingerprint density at radius 2 is 2.00 bits per heavy atom. The second kappa shape index (κ2) is 8.68. The van der Waals surface area contributed by atoms with E-state index in [1.54, 1.807) is 48.5 Å². The Kier molecular flexibility index (Phi) is 6.08. The van der Waals surface area contributed by atoms with Crippen LogP contribution in [0.5, 0.6) is 5.88 Å². The quantitative estimate of drug-likeness (QED) is 0.799. The van der Waals surface area contributed by atoms with Crippen molar-refractivity contribution in [1.29, 1.82) is 0 Å². The van der Waals surface area contributed by atoms with Crippen LogP contribution in [-0.4, -0.2) is 55.0 Å². The molecule has 2 amide bonds. The van der Waals surface area contributed by atoms with E-state index < -0.39 is 0 Å². The van der Waals surface area contributed by atoms with Crippen molar-refractivity contribution in [3.05, 3.63) is 40.6 Å². The minimum atomic E-state index is -0.225. The van der Waals surface area contributed by atoms with Crippen molar-refractivity contribution in [2.24, 2.45) is 0 Å². The number of carbonyl (C=O) groups is 2. The number of nitrogens with one attached hydrogen (secondary N) is 1. The first-order chi connectivity index (χ1) is 13.1. The lowest BCUT2D eigenvalue weighted by molar-refractivity contribution is -0.129. The maximum atomic E-state index is 12.3. The van der Waals surface area contributed by atoms with Gasteiger partial charge in [-0.15, -0.1) is 0 Å². The molecule has 3 rings (SSSR count). The van der Waals surface area contributed by atoms with Gasteiger partial charge in [0.1, 0.15) is 0 Å². The SMILES string of the molecule is COc1ccc(NC(=O)/C=C\c2ccsc2)c(N2CCN(C(C)=O)CC2)n1. The zero-order valence-electron chi connectivity index (χ0n) is 15.3. The molecule has 0 bridgehead atoms. The fourth-order valence-electron chi connectivity index (χ4n) is 2.83. The lowest BCUT2D eigenvalue weighted by Gasteiger charge is -2.35. The second-order valence-electron chi connectivity index (χ2n) is 6.10. The molecule has 8 heteroatoms. The Hall–Kier alpha value is -2.87. The summed E-state index contributed by atoms with van der Waals surface area (Å²) in [6, 6.07) is 5.45. The number of anilines is 2. The molecule has 0 saturated carbocycles. The van der Waals surface area contributed by atoms with E-state index >= 15 is 0 Å². The van der Waals surface area contributed by atoms with E-state index in [-0.39, 0.29) is 11.8 Å². The first-order valence-corrected chi connectivity index (χ1v) is 9.58. The number of amides is 2. The van der Waals surface area contributed by atoms with Crippen LogP contribution < -0.4 is 15.0 Å². The average Bonchev–Trinajstić information content (AvgIpc) is 3.20. The predicted octanol–water partition coefficient (Wildman–Crippen LogP) is 2.47. The summed E-state index contributed by atoms with van der Waals surface area (Å²) in [4.78, 5) is 32.2. The van der Waals surface area contributed by atoms with Gasteiger partial charge in [-0.3, -0.25) is 9.59 Å². The van der Waals surface area contributed by atoms with Gasteiger partial charge in [0, 0.05) is 45.2 Å². The topological polar surface area (TPSA) is 74.8 Å². The van der Waals surface area contributed by atoms with E-state index in [4.69, 9.17) is 4.74 Å². The van der Waals surface area contributed by atoms with Crippen LogP contribution in [0.2, 0.25) is 0 Å². The number of nitrogens with zero attached hydrogens (tertiary/aromatic N) is 3. The molecule has 0 unspecified atom stereocenters. The van der Waals surface area contributed by atoms with Crippen LogP contribution in [0.1, 0.15) is 12.5 Å². The largest absolute Gasteiger partial charge is 0.481 e. The van der Waals surface area contributed by atoms with Crippen molar-refractivity contribution in [2.75, 3.05) is 43.5 Å². The van der Waals surface area contributed by atoms with Gasteiger partial charge in [0.05, 0.1) is 12.8 Å². The molecule has 2 aromatic heterocycles. The molecule has 1 saturated heterocycles.